The van der Waals surface area contributed by atoms with Crippen LogP contribution in [0.2, 0.25) is 0 Å². The molecule has 29 heavy (non-hydrogen) atoms. The van der Waals surface area contributed by atoms with Crippen molar-refractivity contribution in [1.82, 2.24) is 9.55 Å². The average Bonchev–Trinajstić information content (AvgIpc) is 3.34. The van der Waals surface area contributed by atoms with Gasteiger partial charge in [0.2, 0.25) is 0 Å². The summed E-state index contributed by atoms with van der Waals surface area (Å²) in [5.41, 5.74) is 3.67. The first kappa shape index (κ1) is 19.6. The first-order valence-corrected chi connectivity index (χ1v) is 10.6. The topological polar surface area (TPSA) is 94.9 Å². The van der Waals surface area contributed by atoms with Crippen molar-refractivity contribution in [2.75, 3.05) is 6.54 Å². The van der Waals surface area contributed by atoms with E-state index in [1.165, 1.54) is 30.4 Å². The lowest BCUT2D eigenvalue weighted by atomic mass is 9.82. The minimum Gasteiger partial charge on any atom is -0.462 e. The Morgan fingerprint density at radius 3 is 2.93 bits per heavy atom. The van der Waals surface area contributed by atoms with Gasteiger partial charge in [-0.15, -0.1) is 0 Å². The summed E-state index contributed by atoms with van der Waals surface area (Å²) < 4.78 is 8.29. The summed E-state index contributed by atoms with van der Waals surface area (Å²) >= 11 is 0. The monoisotopic (exact) mass is 395 g/mol. The minimum absolute atomic E-state index is 0.0784. The molecule has 1 aliphatic heterocycles. The van der Waals surface area contributed by atoms with Gasteiger partial charge in [0.25, 0.3) is 0 Å². The Hall–Kier alpha value is -2.70. The van der Waals surface area contributed by atoms with Crippen LogP contribution in [0.5, 0.6) is 0 Å². The van der Waals surface area contributed by atoms with Crippen molar-refractivity contribution in [2.24, 2.45) is 22.1 Å². The first-order chi connectivity index (χ1) is 14.3. The number of rotatable bonds is 8. The van der Waals surface area contributed by atoms with Crippen LogP contribution in [0.4, 0.5) is 0 Å². The molecule has 2 N–H and O–H groups in total. The molecule has 154 valence electrons. The highest BCUT2D eigenvalue weighted by molar-refractivity contribution is 5.70. The van der Waals surface area contributed by atoms with Crippen LogP contribution in [-0.4, -0.2) is 28.2 Å². The van der Waals surface area contributed by atoms with Gasteiger partial charge in [-0.3, -0.25) is 4.79 Å². The zero-order chi connectivity index (χ0) is 20.1. The van der Waals surface area contributed by atoms with Gasteiger partial charge >= 0.3 is 5.97 Å². The molecule has 0 amide bonds. The van der Waals surface area contributed by atoms with Gasteiger partial charge in [0, 0.05) is 18.4 Å². The van der Waals surface area contributed by atoms with Crippen LogP contribution in [0.15, 0.2) is 47.1 Å². The Balaban J connectivity index is 1.50. The number of nitrogens with two attached hydrogens (primary N) is 1. The fraction of sp³-hybridized carbons (Fsp3) is 0.545. The number of benzene rings is 1. The van der Waals surface area contributed by atoms with E-state index in [2.05, 4.69) is 44.2 Å². The smallest absolute Gasteiger partial charge is 0.306 e. The highest BCUT2D eigenvalue weighted by Gasteiger charge is 2.35. The van der Waals surface area contributed by atoms with E-state index in [4.69, 9.17) is 10.6 Å². The van der Waals surface area contributed by atoms with Crippen molar-refractivity contribution in [1.29, 1.82) is 0 Å². The number of carbonyl (C=O) groups excluding carboxylic acids is 1. The van der Waals surface area contributed by atoms with E-state index < -0.39 is 0 Å². The molecular formula is C22H29N5O2. The van der Waals surface area contributed by atoms with E-state index in [-0.39, 0.29) is 18.1 Å². The molecule has 2 unspecified atom stereocenters. The molecule has 2 aliphatic rings. The van der Waals surface area contributed by atoms with Gasteiger partial charge in [0.1, 0.15) is 6.10 Å². The SMILES string of the molecule is NN=NCCCC(=O)OC(CC1c2ccccc2-c2cncn21)C1CCCCC1. The number of aromatic nitrogens is 2. The van der Waals surface area contributed by atoms with Gasteiger partial charge in [-0.1, -0.05) is 48.8 Å². The van der Waals surface area contributed by atoms with E-state index in [9.17, 15) is 4.79 Å². The molecule has 4 rings (SSSR count). The number of ether oxygens (including phenoxy) is 1. The maximum absolute atomic E-state index is 12.5. The van der Waals surface area contributed by atoms with Gasteiger partial charge in [0.15, 0.2) is 0 Å². The standard InChI is InChI=1S/C22H29N5O2/c23-26-25-12-6-11-22(28)29-21(16-7-2-1-3-8-16)13-19-17-9-4-5-10-18(17)20-14-24-15-27(19)20/h4-5,9-10,14-16,19,21H,1-3,6-8,11-13H2,(H2,23,25). The Kier molecular flexibility index (Phi) is 6.22. The second-order valence-corrected chi connectivity index (χ2v) is 8.04. The van der Waals surface area contributed by atoms with E-state index in [1.807, 2.05) is 12.5 Å². The normalized spacial score (nSPS) is 19.8. The molecule has 0 saturated heterocycles. The highest BCUT2D eigenvalue weighted by atomic mass is 16.5. The summed E-state index contributed by atoms with van der Waals surface area (Å²) in [6, 6.07) is 8.64. The van der Waals surface area contributed by atoms with Gasteiger partial charge < -0.3 is 15.1 Å². The fourth-order valence-electron chi connectivity index (χ4n) is 4.82. The molecule has 0 spiro atoms. The predicted octanol–water partition coefficient (Wildman–Crippen LogP) is 4.44. The van der Waals surface area contributed by atoms with Crippen LogP contribution in [0.3, 0.4) is 0 Å². The summed E-state index contributed by atoms with van der Waals surface area (Å²) in [5, 5.41) is 6.96. The second-order valence-electron chi connectivity index (χ2n) is 8.04. The van der Waals surface area contributed by atoms with Gasteiger partial charge in [0.05, 0.1) is 30.8 Å². The third-order valence-electron chi connectivity index (χ3n) is 6.23. The van der Waals surface area contributed by atoms with E-state index >= 15 is 0 Å². The molecule has 1 saturated carbocycles. The third kappa shape index (κ3) is 4.33. The number of esters is 1. The maximum Gasteiger partial charge on any atom is 0.306 e. The molecular weight excluding hydrogens is 366 g/mol. The third-order valence-corrected chi connectivity index (χ3v) is 6.23. The average molecular weight is 396 g/mol. The zero-order valence-electron chi connectivity index (χ0n) is 16.7. The fourth-order valence-corrected chi connectivity index (χ4v) is 4.82. The lowest BCUT2D eigenvalue weighted by molar-refractivity contribution is -0.153. The number of carbonyl (C=O) groups is 1. The van der Waals surface area contributed by atoms with Crippen molar-refractivity contribution in [3.05, 3.63) is 42.4 Å². The molecule has 1 aromatic heterocycles. The van der Waals surface area contributed by atoms with Crippen LogP contribution in [0.1, 0.15) is 63.0 Å². The van der Waals surface area contributed by atoms with Crippen molar-refractivity contribution in [3.8, 4) is 11.3 Å². The Labute approximate surface area is 171 Å². The largest absolute Gasteiger partial charge is 0.462 e. The quantitative estimate of drug-likeness (QED) is 0.235. The number of imidazole rings is 1. The summed E-state index contributed by atoms with van der Waals surface area (Å²) in [6.45, 7) is 0.452. The molecule has 2 atom stereocenters. The van der Waals surface area contributed by atoms with Gasteiger partial charge in [-0.2, -0.15) is 5.11 Å². The zero-order valence-corrected chi connectivity index (χ0v) is 16.7. The molecule has 7 nitrogen and oxygen atoms in total. The van der Waals surface area contributed by atoms with E-state index in [0.29, 0.717) is 25.3 Å². The molecule has 0 radical (unpaired) electrons. The molecule has 1 aliphatic carbocycles. The molecule has 0 bridgehead atoms. The van der Waals surface area contributed by atoms with E-state index in [0.717, 1.165) is 25.0 Å². The summed E-state index contributed by atoms with van der Waals surface area (Å²) in [7, 11) is 0. The van der Waals surface area contributed by atoms with Crippen molar-refractivity contribution in [2.45, 2.75) is 63.5 Å². The van der Waals surface area contributed by atoms with Gasteiger partial charge in [-0.25, -0.2) is 4.98 Å². The second kappa shape index (κ2) is 9.20. The number of hydrogen-bond donors (Lipinski definition) is 1. The Morgan fingerprint density at radius 2 is 2.10 bits per heavy atom. The summed E-state index contributed by atoms with van der Waals surface area (Å²) in [5.74, 6) is 5.30. The van der Waals surface area contributed by atoms with Crippen molar-refractivity contribution in [3.63, 3.8) is 0 Å². The number of hydrogen-bond acceptors (Lipinski definition) is 5. The molecule has 1 aromatic carbocycles. The van der Waals surface area contributed by atoms with Crippen LogP contribution in [0, 0.1) is 5.92 Å². The molecule has 2 heterocycles. The Morgan fingerprint density at radius 1 is 1.28 bits per heavy atom. The molecule has 1 fully saturated rings. The summed E-state index contributed by atoms with van der Waals surface area (Å²) in [4.78, 5) is 16.9. The lowest BCUT2D eigenvalue weighted by Gasteiger charge is -2.32. The van der Waals surface area contributed by atoms with E-state index in [1.54, 1.807) is 0 Å². The van der Waals surface area contributed by atoms with Crippen molar-refractivity contribution >= 4 is 5.97 Å². The van der Waals surface area contributed by atoms with Crippen molar-refractivity contribution < 1.29 is 9.53 Å². The van der Waals surface area contributed by atoms with Crippen LogP contribution in [-0.2, 0) is 9.53 Å². The summed E-state index contributed by atoms with van der Waals surface area (Å²) in [6.07, 6.45) is 11.5. The highest BCUT2D eigenvalue weighted by Crippen LogP contribution is 2.43. The maximum atomic E-state index is 12.5. The minimum atomic E-state index is -0.148. The number of fused-ring (bicyclic) bond motifs is 3. The first-order valence-electron chi connectivity index (χ1n) is 10.6. The molecule has 7 heteroatoms. The predicted molar refractivity (Wildman–Crippen MR) is 110 cm³/mol. The molecule has 2 aromatic rings. The lowest BCUT2D eigenvalue weighted by Crippen LogP contribution is -2.31. The van der Waals surface area contributed by atoms with Crippen LogP contribution in [0.25, 0.3) is 11.3 Å². The van der Waals surface area contributed by atoms with Crippen LogP contribution >= 0.6 is 0 Å². The van der Waals surface area contributed by atoms with Crippen LogP contribution < -0.4 is 5.84 Å². The number of nitrogens with zero attached hydrogens (tertiary/aromatic N) is 4. The van der Waals surface area contributed by atoms with Gasteiger partial charge in [-0.05, 0) is 30.7 Å². The Bertz CT molecular complexity index is 856.